The Kier molecular flexibility index (Phi) is 6.14. The number of benzene rings is 4. The molecule has 40 heavy (non-hydrogen) atoms. The van der Waals surface area contributed by atoms with Gasteiger partial charge in [-0.15, -0.1) is 0 Å². The molecule has 0 N–H and O–H groups in total. The predicted octanol–water partition coefficient (Wildman–Crippen LogP) is 4.77. The average molecular weight is 543 g/mol. The highest BCUT2D eigenvalue weighted by Crippen LogP contribution is 2.47. The second-order valence-electron chi connectivity index (χ2n) is 10.7. The van der Waals surface area contributed by atoms with Gasteiger partial charge >= 0.3 is 0 Å². The number of hydrogen-bond donors (Lipinski definition) is 0. The molecule has 4 heterocycles. The SMILES string of the molecule is c1cc2ccc(OCC3CO3)c(-c3c(OC4COC4)ccc4ccc(OCC5CO5)cc34)c2cc1OCC1CO1. The van der Waals surface area contributed by atoms with Gasteiger partial charge in [-0.2, -0.15) is 0 Å². The van der Waals surface area contributed by atoms with Gasteiger partial charge in [-0.1, -0.05) is 24.3 Å². The van der Waals surface area contributed by atoms with E-state index < -0.39 is 0 Å². The Morgan fingerprint density at radius 1 is 0.550 bits per heavy atom. The summed E-state index contributed by atoms with van der Waals surface area (Å²) < 4.78 is 46.8. The molecule has 3 atom stereocenters. The summed E-state index contributed by atoms with van der Waals surface area (Å²) in [5, 5.41) is 4.19. The lowest BCUT2D eigenvalue weighted by Crippen LogP contribution is -2.38. The molecule has 8 rings (SSSR count). The lowest BCUT2D eigenvalue weighted by atomic mass is 9.91. The molecule has 4 saturated heterocycles. The average Bonchev–Trinajstić information content (AvgIpc) is 3.80. The van der Waals surface area contributed by atoms with Crippen LogP contribution in [0.25, 0.3) is 32.7 Å². The van der Waals surface area contributed by atoms with E-state index in [2.05, 4.69) is 36.4 Å². The summed E-state index contributed by atoms with van der Waals surface area (Å²) in [4.78, 5) is 0. The number of ether oxygens (including phenoxy) is 8. The van der Waals surface area contributed by atoms with Gasteiger partial charge in [0.15, 0.2) is 0 Å². The molecule has 8 nitrogen and oxygen atoms in total. The van der Waals surface area contributed by atoms with E-state index in [-0.39, 0.29) is 24.4 Å². The molecule has 0 saturated carbocycles. The molecule has 4 aliphatic heterocycles. The Bertz CT molecular complexity index is 1550. The lowest BCUT2D eigenvalue weighted by molar-refractivity contribution is -0.0794. The molecular formula is C32H30O8. The van der Waals surface area contributed by atoms with Crippen molar-refractivity contribution >= 4 is 21.5 Å². The zero-order chi connectivity index (χ0) is 26.5. The highest BCUT2D eigenvalue weighted by atomic mass is 16.6. The molecule has 0 aromatic heterocycles. The molecular weight excluding hydrogens is 512 g/mol. The number of fused-ring (bicyclic) bond motifs is 2. The minimum absolute atomic E-state index is 0.000655. The number of rotatable bonds is 12. The fraction of sp³-hybridized carbons (Fsp3) is 0.375. The van der Waals surface area contributed by atoms with Crippen LogP contribution in [0.4, 0.5) is 0 Å². The van der Waals surface area contributed by atoms with Gasteiger partial charge in [-0.3, -0.25) is 0 Å². The quantitative estimate of drug-likeness (QED) is 0.237. The van der Waals surface area contributed by atoms with Crippen LogP contribution >= 0.6 is 0 Å². The third-order valence-electron chi connectivity index (χ3n) is 7.56. The highest BCUT2D eigenvalue weighted by Gasteiger charge is 2.28. The van der Waals surface area contributed by atoms with Crippen molar-refractivity contribution in [1.29, 1.82) is 0 Å². The minimum Gasteiger partial charge on any atom is -0.491 e. The monoisotopic (exact) mass is 542 g/mol. The summed E-state index contributed by atoms with van der Waals surface area (Å²) in [6.07, 6.45) is 0.465. The summed E-state index contributed by atoms with van der Waals surface area (Å²) in [6, 6.07) is 20.6. The fourth-order valence-corrected chi connectivity index (χ4v) is 4.99. The van der Waals surface area contributed by atoms with E-state index in [1.807, 2.05) is 24.3 Å². The maximum atomic E-state index is 6.54. The molecule has 3 unspecified atom stereocenters. The van der Waals surface area contributed by atoms with Crippen LogP contribution in [0.1, 0.15) is 0 Å². The van der Waals surface area contributed by atoms with Gasteiger partial charge in [-0.25, -0.2) is 0 Å². The van der Waals surface area contributed by atoms with Crippen LogP contribution < -0.4 is 18.9 Å². The van der Waals surface area contributed by atoms with Gasteiger partial charge in [0.2, 0.25) is 0 Å². The van der Waals surface area contributed by atoms with Gasteiger partial charge in [-0.05, 0) is 57.9 Å². The second kappa shape index (κ2) is 10.1. The van der Waals surface area contributed by atoms with Gasteiger partial charge in [0, 0.05) is 11.1 Å². The van der Waals surface area contributed by atoms with Crippen molar-refractivity contribution in [2.45, 2.75) is 24.4 Å². The van der Waals surface area contributed by atoms with Crippen molar-refractivity contribution in [2.24, 2.45) is 0 Å². The van der Waals surface area contributed by atoms with Crippen LogP contribution in [-0.4, -0.2) is 77.3 Å². The smallest absolute Gasteiger partial charge is 0.145 e. The van der Waals surface area contributed by atoms with Crippen LogP contribution in [0.15, 0.2) is 60.7 Å². The zero-order valence-electron chi connectivity index (χ0n) is 22.0. The molecule has 0 radical (unpaired) electrons. The molecule has 4 aliphatic rings. The molecule has 0 spiro atoms. The van der Waals surface area contributed by atoms with Crippen LogP contribution in [0.2, 0.25) is 0 Å². The van der Waals surface area contributed by atoms with Gasteiger partial charge in [0.05, 0.1) is 33.0 Å². The second-order valence-corrected chi connectivity index (χ2v) is 10.7. The van der Waals surface area contributed by atoms with E-state index in [0.29, 0.717) is 33.0 Å². The largest absolute Gasteiger partial charge is 0.491 e. The van der Waals surface area contributed by atoms with E-state index in [0.717, 1.165) is 75.5 Å². The zero-order valence-corrected chi connectivity index (χ0v) is 22.0. The first-order chi connectivity index (χ1) is 19.8. The Morgan fingerprint density at radius 3 is 1.52 bits per heavy atom. The Labute approximate surface area is 231 Å². The molecule has 0 amide bonds. The van der Waals surface area contributed by atoms with E-state index >= 15 is 0 Å². The maximum absolute atomic E-state index is 6.54. The molecule has 4 aromatic carbocycles. The standard InChI is InChI=1S/C32H30O8/c1-5-21(34-13-23-15-36-23)9-27-19(1)3-7-29(39-18-25-17-38-25)31(27)32-28-10-22(35-14-24-16-37-24)6-2-20(28)4-8-30(32)40-26-11-33-12-26/h1-10,23-26H,11-18H2. The van der Waals surface area contributed by atoms with Crippen LogP contribution in [-0.2, 0) is 18.9 Å². The van der Waals surface area contributed by atoms with Crippen molar-refractivity contribution in [2.75, 3.05) is 52.9 Å². The lowest BCUT2D eigenvalue weighted by Gasteiger charge is -2.29. The third-order valence-corrected chi connectivity index (χ3v) is 7.56. The summed E-state index contributed by atoms with van der Waals surface area (Å²) in [7, 11) is 0. The number of epoxide rings is 3. The molecule has 0 bridgehead atoms. The molecule has 8 heteroatoms. The Balaban J connectivity index is 1.31. The summed E-state index contributed by atoms with van der Waals surface area (Å²) in [6.45, 7) is 4.92. The van der Waals surface area contributed by atoms with Crippen molar-refractivity contribution in [3.63, 3.8) is 0 Å². The Hall–Kier alpha value is -3.56. The van der Waals surface area contributed by atoms with Gasteiger partial charge in [0.25, 0.3) is 0 Å². The first kappa shape index (κ1) is 24.3. The van der Waals surface area contributed by atoms with E-state index in [4.69, 9.17) is 37.9 Å². The summed E-state index contributed by atoms with van der Waals surface area (Å²) in [5.41, 5.74) is 1.91. The summed E-state index contributed by atoms with van der Waals surface area (Å²) >= 11 is 0. The van der Waals surface area contributed by atoms with Crippen molar-refractivity contribution in [3.05, 3.63) is 60.7 Å². The molecule has 4 aromatic rings. The topological polar surface area (TPSA) is 83.7 Å². The number of hydrogen-bond acceptors (Lipinski definition) is 8. The first-order valence-corrected chi connectivity index (χ1v) is 13.9. The Morgan fingerprint density at radius 2 is 1.02 bits per heavy atom. The summed E-state index contributed by atoms with van der Waals surface area (Å²) in [5.74, 6) is 3.12. The normalized spacial score (nSPS) is 23.1. The van der Waals surface area contributed by atoms with Crippen LogP contribution in [0.5, 0.6) is 23.0 Å². The predicted molar refractivity (Wildman–Crippen MR) is 148 cm³/mol. The van der Waals surface area contributed by atoms with Gasteiger partial charge in [0.1, 0.15) is 67.2 Å². The van der Waals surface area contributed by atoms with Gasteiger partial charge < -0.3 is 37.9 Å². The molecule has 0 aliphatic carbocycles. The van der Waals surface area contributed by atoms with Crippen molar-refractivity contribution in [3.8, 4) is 34.1 Å². The highest BCUT2D eigenvalue weighted by molar-refractivity contribution is 6.10. The minimum atomic E-state index is -0.000655. The molecule has 206 valence electrons. The maximum Gasteiger partial charge on any atom is 0.145 e. The van der Waals surface area contributed by atoms with Crippen LogP contribution in [0.3, 0.4) is 0 Å². The van der Waals surface area contributed by atoms with Crippen molar-refractivity contribution in [1.82, 2.24) is 0 Å². The van der Waals surface area contributed by atoms with Crippen LogP contribution in [0, 0.1) is 0 Å². The van der Waals surface area contributed by atoms with Crippen molar-refractivity contribution < 1.29 is 37.9 Å². The first-order valence-electron chi connectivity index (χ1n) is 13.9. The molecule has 4 fully saturated rings. The van der Waals surface area contributed by atoms with E-state index in [9.17, 15) is 0 Å². The van der Waals surface area contributed by atoms with E-state index in [1.54, 1.807) is 0 Å². The van der Waals surface area contributed by atoms with E-state index in [1.165, 1.54) is 0 Å². The fourth-order valence-electron chi connectivity index (χ4n) is 4.99. The third kappa shape index (κ3) is 5.15.